The van der Waals surface area contributed by atoms with Gasteiger partial charge in [0.1, 0.15) is 23.4 Å². The van der Waals surface area contributed by atoms with Crippen molar-refractivity contribution < 1.29 is 23.5 Å². The van der Waals surface area contributed by atoms with Gasteiger partial charge >= 0.3 is 6.09 Å². The van der Waals surface area contributed by atoms with E-state index in [1.54, 1.807) is 20.8 Å². The van der Waals surface area contributed by atoms with Crippen molar-refractivity contribution in [3.05, 3.63) is 29.3 Å². The first kappa shape index (κ1) is 27.0. The number of benzene rings is 1. The summed E-state index contributed by atoms with van der Waals surface area (Å²) in [6, 6.07) is 4.52. The van der Waals surface area contributed by atoms with Gasteiger partial charge < -0.3 is 19.8 Å². The quantitative estimate of drug-likeness (QED) is 0.620. The number of nitrogens with zero attached hydrogens (tertiary/aromatic N) is 2. The molecule has 0 aromatic heterocycles. The second-order valence-corrected chi connectivity index (χ2v) is 16.9. The number of rotatable bonds is 4. The van der Waals surface area contributed by atoms with Gasteiger partial charge in [0, 0.05) is 13.0 Å². The Morgan fingerprint density at radius 3 is 2.23 bits per heavy atom. The van der Waals surface area contributed by atoms with Gasteiger partial charge in [0.15, 0.2) is 0 Å². The molecule has 0 unspecified atom stereocenters. The van der Waals surface area contributed by atoms with E-state index in [1.807, 2.05) is 18.2 Å². The first-order chi connectivity index (χ1) is 16.0. The molecule has 194 valence electrons. The standard InChI is InChI=1S/C26H41N3O5Si/c1-25(2,3)33-24(32)29-16-18-14-19(34-35(7,8)26(4,5)6)12-11-17(18)15-21(29)23(31)28-13-9-10-20(28)22(27)30/h11-12,14,20-21H,9-10,13,15-16H2,1-8H3,(H2,27,30)/t20-,21-/m0/s1. The maximum absolute atomic E-state index is 13.6. The van der Waals surface area contributed by atoms with E-state index in [-0.39, 0.29) is 17.5 Å². The number of carbonyl (C=O) groups excluding carboxylic acids is 3. The van der Waals surface area contributed by atoms with Gasteiger partial charge in [-0.25, -0.2) is 4.79 Å². The minimum Gasteiger partial charge on any atom is -0.543 e. The van der Waals surface area contributed by atoms with E-state index in [1.165, 1.54) is 9.80 Å². The van der Waals surface area contributed by atoms with E-state index < -0.39 is 38.0 Å². The number of carbonyl (C=O) groups is 3. The Hall–Kier alpha value is -2.55. The molecular formula is C26H41N3O5Si. The predicted molar refractivity (Wildman–Crippen MR) is 137 cm³/mol. The van der Waals surface area contributed by atoms with E-state index in [2.05, 4.69) is 33.9 Å². The van der Waals surface area contributed by atoms with Crippen LogP contribution in [0.3, 0.4) is 0 Å². The van der Waals surface area contributed by atoms with Crippen LogP contribution < -0.4 is 10.2 Å². The highest BCUT2D eigenvalue weighted by Gasteiger charge is 2.43. The lowest BCUT2D eigenvalue weighted by molar-refractivity contribution is -0.142. The zero-order chi connectivity index (χ0) is 26.3. The van der Waals surface area contributed by atoms with Crippen LogP contribution in [-0.2, 0) is 27.3 Å². The molecule has 3 amide bonds. The molecule has 0 radical (unpaired) electrons. The number of primary amides is 1. The molecular weight excluding hydrogens is 462 g/mol. The van der Waals surface area contributed by atoms with Crippen LogP contribution in [-0.4, -0.2) is 60.3 Å². The summed E-state index contributed by atoms with van der Waals surface area (Å²) in [6.45, 7) is 17.0. The molecule has 0 bridgehead atoms. The van der Waals surface area contributed by atoms with E-state index in [0.717, 1.165) is 16.9 Å². The second kappa shape index (κ2) is 9.48. The van der Waals surface area contributed by atoms with Crippen molar-refractivity contribution in [3.63, 3.8) is 0 Å². The predicted octanol–water partition coefficient (Wildman–Crippen LogP) is 4.21. The number of hydrogen-bond acceptors (Lipinski definition) is 5. The van der Waals surface area contributed by atoms with Crippen LogP contribution in [0.4, 0.5) is 4.79 Å². The molecule has 1 aromatic carbocycles. The maximum atomic E-state index is 13.6. The summed E-state index contributed by atoms with van der Waals surface area (Å²) in [5.41, 5.74) is 6.77. The summed E-state index contributed by atoms with van der Waals surface area (Å²) in [5.74, 6) is 0.00491. The van der Waals surface area contributed by atoms with E-state index in [9.17, 15) is 14.4 Å². The van der Waals surface area contributed by atoms with Gasteiger partial charge in [0.2, 0.25) is 20.1 Å². The number of ether oxygens (including phenoxy) is 1. The fraction of sp³-hybridized carbons (Fsp3) is 0.654. The Bertz CT molecular complexity index is 996. The molecule has 2 heterocycles. The number of hydrogen-bond donors (Lipinski definition) is 1. The molecule has 1 fully saturated rings. The lowest BCUT2D eigenvalue weighted by atomic mass is 9.93. The fourth-order valence-corrected chi connectivity index (χ4v) is 5.35. The third kappa shape index (κ3) is 5.99. The van der Waals surface area contributed by atoms with Crippen LogP contribution in [0.5, 0.6) is 5.75 Å². The van der Waals surface area contributed by atoms with Crippen molar-refractivity contribution in [1.29, 1.82) is 0 Å². The monoisotopic (exact) mass is 503 g/mol. The van der Waals surface area contributed by atoms with E-state index in [4.69, 9.17) is 14.9 Å². The summed E-state index contributed by atoms with van der Waals surface area (Å²) >= 11 is 0. The zero-order valence-corrected chi connectivity index (χ0v) is 23.4. The molecule has 9 heteroatoms. The number of amides is 3. The van der Waals surface area contributed by atoms with Gasteiger partial charge in [-0.05, 0) is 75.0 Å². The molecule has 2 N–H and O–H groups in total. The topological polar surface area (TPSA) is 102 Å². The third-order valence-corrected chi connectivity index (χ3v) is 11.6. The highest BCUT2D eigenvalue weighted by molar-refractivity contribution is 6.74. The highest BCUT2D eigenvalue weighted by atomic mass is 28.4. The van der Waals surface area contributed by atoms with Crippen LogP contribution in [0.15, 0.2) is 18.2 Å². The molecule has 3 rings (SSSR count). The molecule has 8 nitrogen and oxygen atoms in total. The Morgan fingerprint density at radius 1 is 1.00 bits per heavy atom. The van der Waals surface area contributed by atoms with Crippen LogP contribution in [0, 0.1) is 0 Å². The Labute approximate surface area is 210 Å². The molecule has 35 heavy (non-hydrogen) atoms. The van der Waals surface area contributed by atoms with Crippen LogP contribution >= 0.6 is 0 Å². The summed E-state index contributed by atoms with van der Waals surface area (Å²) in [6.07, 6.45) is 1.05. The van der Waals surface area contributed by atoms with Crippen LogP contribution in [0.2, 0.25) is 18.1 Å². The van der Waals surface area contributed by atoms with Gasteiger partial charge in [-0.3, -0.25) is 14.5 Å². The van der Waals surface area contributed by atoms with Gasteiger partial charge in [0.05, 0.1) is 6.54 Å². The average Bonchev–Trinajstić information content (AvgIpc) is 3.20. The zero-order valence-electron chi connectivity index (χ0n) is 22.4. The van der Waals surface area contributed by atoms with E-state index in [0.29, 0.717) is 25.8 Å². The Morgan fingerprint density at radius 2 is 1.66 bits per heavy atom. The number of fused-ring (bicyclic) bond motifs is 1. The molecule has 2 aliphatic heterocycles. The lowest BCUT2D eigenvalue weighted by Crippen LogP contribution is -2.56. The average molecular weight is 504 g/mol. The molecule has 0 saturated carbocycles. The molecule has 0 aliphatic carbocycles. The van der Waals surface area contributed by atoms with Gasteiger partial charge in [-0.15, -0.1) is 0 Å². The molecule has 1 saturated heterocycles. The number of likely N-dealkylation sites (tertiary alicyclic amines) is 1. The number of nitrogens with two attached hydrogens (primary N) is 1. The minimum absolute atomic E-state index is 0.0513. The maximum Gasteiger partial charge on any atom is 0.411 e. The molecule has 1 aromatic rings. The van der Waals surface area contributed by atoms with Crippen molar-refractivity contribution in [2.45, 2.75) is 103 Å². The SMILES string of the molecule is CC(C)(C)OC(=O)N1Cc2cc(O[Si](C)(C)C(C)(C)C)ccc2C[C@H]1C(=O)N1CCC[C@H]1C(N)=O. The molecule has 2 atom stereocenters. The molecule has 2 aliphatic rings. The molecule has 0 spiro atoms. The highest BCUT2D eigenvalue weighted by Crippen LogP contribution is 2.38. The Kier molecular flexibility index (Phi) is 7.33. The minimum atomic E-state index is -2.04. The third-order valence-electron chi connectivity index (χ3n) is 7.26. The van der Waals surface area contributed by atoms with Crippen LogP contribution in [0.1, 0.15) is 65.5 Å². The summed E-state index contributed by atoms with van der Waals surface area (Å²) in [7, 11) is -2.04. The lowest BCUT2D eigenvalue weighted by Gasteiger charge is -2.40. The first-order valence-corrected chi connectivity index (χ1v) is 15.3. The van der Waals surface area contributed by atoms with Crippen molar-refractivity contribution in [1.82, 2.24) is 9.80 Å². The van der Waals surface area contributed by atoms with Gasteiger partial charge in [-0.2, -0.15) is 0 Å². The first-order valence-electron chi connectivity index (χ1n) is 12.4. The normalized spacial score (nSPS) is 20.9. The second-order valence-electron chi connectivity index (χ2n) is 12.2. The van der Waals surface area contributed by atoms with Gasteiger partial charge in [0.25, 0.3) is 0 Å². The van der Waals surface area contributed by atoms with Gasteiger partial charge in [-0.1, -0.05) is 26.8 Å². The smallest absolute Gasteiger partial charge is 0.411 e. The van der Waals surface area contributed by atoms with Crippen molar-refractivity contribution >= 4 is 26.2 Å². The fourth-order valence-electron chi connectivity index (χ4n) is 4.32. The van der Waals surface area contributed by atoms with E-state index >= 15 is 0 Å². The van der Waals surface area contributed by atoms with Crippen LogP contribution in [0.25, 0.3) is 0 Å². The summed E-state index contributed by atoms with van der Waals surface area (Å²) in [5, 5.41) is 0.0513. The summed E-state index contributed by atoms with van der Waals surface area (Å²) < 4.78 is 12.1. The summed E-state index contributed by atoms with van der Waals surface area (Å²) in [4.78, 5) is 41.8. The van der Waals surface area contributed by atoms with Crippen molar-refractivity contribution in [3.8, 4) is 5.75 Å². The van der Waals surface area contributed by atoms with Crippen molar-refractivity contribution in [2.75, 3.05) is 6.54 Å². The van der Waals surface area contributed by atoms with Crippen molar-refractivity contribution in [2.24, 2.45) is 5.73 Å². The largest absolute Gasteiger partial charge is 0.543 e. The Balaban J connectivity index is 1.94.